The van der Waals surface area contributed by atoms with Crippen molar-refractivity contribution in [1.82, 2.24) is 0 Å². The van der Waals surface area contributed by atoms with Crippen LogP contribution in [0.5, 0.6) is 0 Å². The lowest BCUT2D eigenvalue weighted by molar-refractivity contribution is -0.143. The Kier molecular flexibility index (Phi) is 16.6. The molecule has 0 aliphatic rings. The van der Waals surface area contributed by atoms with Crippen LogP contribution >= 0.6 is 0 Å². The highest BCUT2D eigenvalue weighted by Crippen LogP contribution is 2.30. The molecule has 0 fully saturated rings. The number of allylic oxidation sites excluding steroid dienone is 10. The lowest BCUT2D eigenvalue weighted by Crippen LogP contribution is -2.19. The van der Waals surface area contributed by atoms with Crippen LogP contribution in [0.25, 0.3) is 0 Å². The summed E-state index contributed by atoms with van der Waals surface area (Å²) in [5.74, 6) is 0.265. The Morgan fingerprint density at radius 1 is 0.743 bits per heavy atom. The van der Waals surface area contributed by atoms with E-state index in [1.54, 1.807) is 13.8 Å². The molecule has 1 atom stereocenters. The van der Waals surface area contributed by atoms with Crippen molar-refractivity contribution in [2.24, 2.45) is 0 Å². The van der Waals surface area contributed by atoms with Crippen molar-refractivity contribution in [2.45, 2.75) is 114 Å². The third-order valence-corrected chi connectivity index (χ3v) is 5.38. The van der Waals surface area contributed by atoms with Crippen molar-refractivity contribution in [3.05, 3.63) is 69.3 Å². The van der Waals surface area contributed by atoms with Gasteiger partial charge in [0.15, 0.2) is 0 Å². The number of rotatable bonds is 15. The van der Waals surface area contributed by atoms with E-state index in [2.05, 4.69) is 79.7 Å². The maximum atomic E-state index is 12.0. The van der Waals surface area contributed by atoms with Crippen LogP contribution < -0.4 is 0 Å². The summed E-state index contributed by atoms with van der Waals surface area (Å²) in [6.45, 7) is 20.6. The average Bonchev–Trinajstić information content (AvgIpc) is 2.74. The van der Waals surface area contributed by atoms with Crippen LogP contribution in [0.15, 0.2) is 69.3 Å². The molecule has 0 aliphatic carbocycles. The van der Waals surface area contributed by atoms with Gasteiger partial charge in [-0.05, 0) is 94.1 Å². The standard InChI is InChI=1S/C31H50O4/c1-11-34-31(33)21-20-29(26(10)32)35-30(19-15-25(8)9)28(18-14-24(6)7)27(16-12-22(2)3)17-13-23(4)5/h12-15,30,32H,11,16-21H2,1-10H3/b29-26-. The van der Waals surface area contributed by atoms with Crippen LogP contribution in [-0.4, -0.2) is 23.8 Å². The second kappa shape index (κ2) is 17.9. The van der Waals surface area contributed by atoms with Gasteiger partial charge >= 0.3 is 5.97 Å². The first-order chi connectivity index (χ1) is 16.4. The van der Waals surface area contributed by atoms with Crippen LogP contribution in [0, 0.1) is 0 Å². The largest absolute Gasteiger partial charge is 0.509 e. The van der Waals surface area contributed by atoms with Gasteiger partial charge in [-0.1, -0.05) is 52.2 Å². The number of aliphatic hydroxyl groups excluding tert-OH is 1. The molecule has 0 saturated carbocycles. The fourth-order valence-electron chi connectivity index (χ4n) is 3.37. The average molecular weight is 487 g/mol. The van der Waals surface area contributed by atoms with Gasteiger partial charge in [-0.15, -0.1) is 0 Å². The highest BCUT2D eigenvalue weighted by Gasteiger charge is 2.21. The Morgan fingerprint density at radius 3 is 1.66 bits per heavy atom. The summed E-state index contributed by atoms with van der Waals surface area (Å²) >= 11 is 0. The van der Waals surface area contributed by atoms with Crippen molar-refractivity contribution in [1.29, 1.82) is 0 Å². The first kappa shape index (κ1) is 32.5. The molecule has 4 heteroatoms. The lowest BCUT2D eigenvalue weighted by Gasteiger charge is -2.26. The van der Waals surface area contributed by atoms with Crippen molar-refractivity contribution in [3.63, 3.8) is 0 Å². The molecule has 1 unspecified atom stereocenters. The zero-order valence-electron chi connectivity index (χ0n) is 24.0. The van der Waals surface area contributed by atoms with Crippen LogP contribution in [-0.2, 0) is 14.3 Å². The molecule has 0 heterocycles. The van der Waals surface area contributed by atoms with Crippen LogP contribution in [0.2, 0.25) is 0 Å². The molecule has 0 aromatic heterocycles. The van der Waals surface area contributed by atoms with Crippen LogP contribution in [0.3, 0.4) is 0 Å². The molecule has 0 aromatic rings. The van der Waals surface area contributed by atoms with Gasteiger partial charge in [0.05, 0.1) is 13.0 Å². The molecule has 0 radical (unpaired) electrons. The molecule has 0 aromatic carbocycles. The van der Waals surface area contributed by atoms with E-state index in [-0.39, 0.29) is 24.3 Å². The summed E-state index contributed by atoms with van der Waals surface area (Å²) in [6.07, 6.45) is 12.4. The number of ether oxygens (including phenoxy) is 2. The number of hydrogen-bond donors (Lipinski definition) is 1. The molecule has 1 N–H and O–H groups in total. The highest BCUT2D eigenvalue weighted by molar-refractivity contribution is 5.69. The van der Waals surface area contributed by atoms with Crippen molar-refractivity contribution >= 4 is 5.97 Å². The zero-order chi connectivity index (χ0) is 27.0. The number of aliphatic hydroxyl groups is 1. The molecular weight excluding hydrogens is 436 g/mol. The van der Waals surface area contributed by atoms with Gasteiger partial charge in [0, 0.05) is 12.8 Å². The first-order valence-electron chi connectivity index (χ1n) is 12.8. The number of carbonyl (C=O) groups excluding carboxylic acids is 1. The summed E-state index contributed by atoms with van der Waals surface area (Å²) in [5.41, 5.74) is 7.59. The molecule has 198 valence electrons. The van der Waals surface area contributed by atoms with Crippen molar-refractivity contribution in [3.8, 4) is 0 Å². The Morgan fingerprint density at radius 2 is 1.23 bits per heavy atom. The van der Waals surface area contributed by atoms with Gasteiger partial charge in [-0.3, -0.25) is 4.79 Å². The number of hydrogen-bond acceptors (Lipinski definition) is 4. The zero-order valence-corrected chi connectivity index (χ0v) is 24.0. The Hall–Kier alpha value is -2.49. The number of esters is 1. The van der Waals surface area contributed by atoms with Gasteiger partial charge in [0.25, 0.3) is 0 Å². The van der Waals surface area contributed by atoms with Crippen molar-refractivity contribution < 1.29 is 19.4 Å². The Bertz CT molecular complexity index is 820. The molecule has 0 spiro atoms. The second-order valence-electron chi connectivity index (χ2n) is 10.0. The summed E-state index contributed by atoms with van der Waals surface area (Å²) in [6, 6.07) is 0. The van der Waals surface area contributed by atoms with E-state index in [0.717, 1.165) is 19.3 Å². The molecule has 0 aliphatic heterocycles. The van der Waals surface area contributed by atoms with E-state index >= 15 is 0 Å². The second-order valence-corrected chi connectivity index (χ2v) is 10.0. The predicted octanol–water partition coefficient (Wildman–Crippen LogP) is 9.23. The smallest absolute Gasteiger partial charge is 0.306 e. The fraction of sp³-hybridized carbons (Fsp3) is 0.581. The van der Waals surface area contributed by atoms with E-state index in [9.17, 15) is 9.90 Å². The lowest BCUT2D eigenvalue weighted by atomic mass is 9.91. The van der Waals surface area contributed by atoms with Gasteiger partial charge < -0.3 is 14.6 Å². The quantitative estimate of drug-likeness (QED) is 0.142. The summed E-state index contributed by atoms with van der Waals surface area (Å²) in [4.78, 5) is 12.0. The van der Waals surface area contributed by atoms with Crippen LogP contribution in [0.4, 0.5) is 0 Å². The normalized spacial score (nSPS) is 11.9. The van der Waals surface area contributed by atoms with Gasteiger partial charge in [0.1, 0.15) is 17.6 Å². The third-order valence-electron chi connectivity index (χ3n) is 5.38. The number of carbonyl (C=O) groups is 1. The van der Waals surface area contributed by atoms with E-state index in [0.29, 0.717) is 25.2 Å². The topological polar surface area (TPSA) is 55.8 Å². The predicted molar refractivity (Wildman–Crippen MR) is 149 cm³/mol. The van der Waals surface area contributed by atoms with E-state index < -0.39 is 0 Å². The summed E-state index contributed by atoms with van der Waals surface area (Å²) in [7, 11) is 0. The third kappa shape index (κ3) is 15.9. The molecular formula is C31H50O4. The van der Waals surface area contributed by atoms with Gasteiger partial charge in [-0.2, -0.15) is 0 Å². The molecule has 0 amide bonds. The molecule has 0 rings (SSSR count). The fourth-order valence-corrected chi connectivity index (χ4v) is 3.37. The van der Waals surface area contributed by atoms with E-state index in [1.165, 1.54) is 33.4 Å². The maximum absolute atomic E-state index is 12.0. The highest BCUT2D eigenvalue weighted by atomic mass is 16.5. The Labute approximate surface area is 215 Å². The molecule has 0 bridgehead atoms. The first-order valence-corrected chi connectivity index (χ1v) is 12.8. The van der Waals surface area contributed by atoms with Gasteiger partial charge in [-0.25, -0.2) is 0 Å². The SMILES string of the molecule is CCOC(=O)CC/C(OC(CC=C(C)C)C(CC=C(C)C)=C(CC=C(C)C)CC=C(C)C)=C(\C)O. The monoisotopic (exact) mass is 486 g/mol. The molecule has 0 saturated heterocycles. The van der Waals surface area contributed by atoms with Crippen LogP contribution in [0.1, 0.15) is 108 Å². The minimum atomic E-state index is -0.288. The summed E-state index contributed by atoms with van der Waals surface area (Å²) in [5, 5.41) is 10.4. The Balaban J connectivity index is 6.59. The summed E-state index contributed by atoms with van der Waals surface area (Å²) < 4.78 is 11.6. The molecule has 35 heavy (non-hydrogen) atoms. The maximum Gasteiger partial charge on any atom is 0.306 e. The minimum Gasteiger partial charge on any atom is -0.509 e. The molecule has 4 nitrogen and oxygen atoms in total. The van der Waals surface area contributed by atoms with E-state index in [1.807, 2.05) is 0 Å². The minimum absolute atomic E-state index is 0.105. The van der Waals surface area contributed by atoms with Crippen molar-refractivity contribution in [2.75, 3.05) is 6.61 Å². The van der Waals surface area contributed by atoms with Gasteiger partial charge in [0.2, 0.25) is 0 Å². The van der Waals surface area contributed by atoms with E-state index in [4.69, 9.17) is 9.47 Å².